The molecule has 2 fully saturated rings. The Labute approximate surface area is 116 Å². The number of likely N-dealkylation sites (tertiary alicyclic amines) is 1. The average Bonchev–Trinajstić information content (AvgIpc) is 2.61. The molecule has 0 spiro atoms. The highest BCUT2D eigenvalue weighted by Crippen LogP contribution is 2.33. The van der Waals surface area contributed by atoms with Crippen molar-refractivity contribution in [2.75, 3.05) is 19.6 Å². The number of piperidine rings is 1. The maximum absolute atomic E-state index is 6.06. The van der Waals surface area contributed by atoms with Gasteiger partial charge in [0.1, 0.15) is 0 Å². The molecule has 1 atom stereocenters. The molecule has 2 heterocycles. The minimum atomic E-state index is 0.0711. The van der Waals surface area contributed by atoms with Crippen LogP contribution in [0.5, 0.6) is 0 Å². The van der Waals surface area contributed by atoms with Crippen LogP contribution >= 0.6 is 12.2 Å². The van der Waals surface area contributed by atoms with Crippen LogP contribution < -0.4 is 5.73 Å². The van der Waals surface area contributed by atoms with Crippen LogP contribution in [0.4, 0.5) is 0 Å². The lowest BCUT2D eigenvalue weighted by atomic mass is 9.80. The van der Waals surface area contributed by atoms with E-state index in [2.05, 4.69) is 25.7 Å². The summed E-state index contributed by atoms with van der Waals surface area (Å²) in [6.45, 7) is 9.82. The molecule has 4 heteroatoms. The van der Waals surface area contributed by atoms with E-state index in [-0.39, 0.29) is 11.0 Å². The minimum absolute atomic E-state index is 0.0711. The van der Waals surface area contributed by atoms with E-state index in [9.17, 15) is 0 Å². The molecule has 2 N–H and O–H groups in total. The third-order valence-electron chi connectivity index (χ3n) is 4.57. The fourth-order valence-electron chi connectivity index (χ4n) is 2.97. The van der Waals surface area contributed by atoms with Crippen LogP contribution in [0.1, 0.15) is 46.5 Å². The Kier molecular flexibility index (Phi) is 4.00. The molecular formula is C14H26N2OS. The first-order valence-corrected chi connectivity index (χ1v) is 7.42. The van der Waals surface area contributed by atoms with E-state index in [0.29, 0.717) is 11.1 Å². The van der Waals surface area contributed by atoms with Gasteiger partial charge in [0, 0.05) is 12.0 Å². The molecule has 0 aromatic rings. The van der Waals surface area contributed by atoms with E-state index in [1.807, 2.05) is 0 Å². The maximum atomic E-state index is 6.06. The normalized spacial score (nSPS) is 31.4. The van der Waals surface area contributed by atoms with Crippen LogP contribution in [-0.2, 0) is 4.74 Å². The molecule has 2 aliphatic rings. The zero-order chi connectivity index (χ0) is 13.4. The second-order valence-corrected chi connectivity index (χ2v) is 7.20. The summed E-state index contributed by atoms with van der Waals surface area (Å²) in [5.41, 5.74) is 5.98. The number of hydrogen-bond acceptors (Lipinski definition) is 3. The first-order chi connectivity index (χ1) is 8.31. The van der Waals surface area contributed by atoms with Gasteiger partial charge in [-0.15, -0.1) is 0 Å². The predicted octanol–water partition coefficient (Wildman–Crippen LogP) is 2.33. The van der Waals surface area contributed by atoms with Gasteiger partial charge in [0.25, 0.3) is 0 Å². The van der Waals surface area contributed by atoms with Crippen LogP contribution in [0.2, 0.25) is 0 Å². The number of thiocarbonyl (C=S) groups is 1. The molecular weight excluding hydrogens is 244 g/mol. The number of ether oxygens (including phenoxy) is 1. The highest BCUT2D eigenvalue weighted by Gasteiger charge is 2.36. The third kappa shape index (κ3) is 3.22. The Bertz CT molecular complexity index is 322. The summed E-state index contributed by atoms with van der Waals surface area (Å²) in [7, 11) is 0. The fraction of sp³-hybridized carbons (Fsp3) is 0.929. The highest BCUT2D eigenvalue weighted by atomic mass is 32.1. The van der Waals surface area contributed by atoms with Crippen LogP contribution in [0.3, 0.4) is 0 Å². The van der Waals surface area contributed by atoms with E-state index >= 15 is 0 Å². The monoisotopic (exact) mass is 270 g/mol. The van der Waals surface area contributed by atoms with Gasteiger partial charge in [0.2, 0.25) is 0 Å². The SMILES string of the molecule is CC1(C)CCC(CN2CCC(C)(C(N)=S)CC2)O1. The molecule has 0 saturated carbocycles. The standard InChI is InChI=1S/C14H26N2OS/c1-13(2)5-4-11(17-13)10-16-8-6-14(3,7-9-16)12(15)18/h11H,4-10H2,1-3H3,(H2,15,18). The summed E-state index contributed by atoms with van der Waals surface area (Å²) >= 11 is 5.18. The Balaban J connectivity index is 1.79. The lowest BCUT2D eigenvalue weighted by Crippen LogP contribution is -2.46. The summed E-state index contributed by atoms with van der Waals surface area (Å²) < 4.78 is 6.06. The number of hydrogen-bond donors (Lipinski definition) is 1. The first kappa shape index (κ1) is 14.2. The van der Waals surface area contributed by atoms with Crippen molar-refractivity contribution in [3.05, 3.63) is 0 Å². The first-order valence-electron chi connectivity index (χ1n) is 7.01. The summed E-state index contributed by atoms with van der Waals surface area (Å²) in [6.07, 6.45) is 4.94. The van der Waals surface area contributed by atoms with E-state index in [1.165, 1.54) is 12.8 Å². The van der Waals surface area contributed by atoms with Crippen molar-refractivity contribution in [2.24, 2.45) is 11.1 Å². The van der Waals surface area contributed by atoms with Crippen LogP contribution in [0.15, 0.2) is 0 Å². The van der Waals surface area contributed by atoms with Gasteiger partial charge in [-0.25, -0.2) is 0 Å². The number of rotatable bonds is 3. The van der Waals surface area contributed by atoms with Crippen molar-refractivity contribution in [3.8, 4) is 0 Å². The van der Waals surface area contributed by atoms with Crippen LogP contribution in [-0.4, -0.2) is 41.2 Å². The second-order valence-electron chi connectivity index (χ2n) is 6.76. The predicted molar refractivity (Wildman–Crippen MR) is 78.8 cm³/mol. The quantitative estimate of drug-likeness (QED) is 0.799. The maximum Gasteiger partial charge on any atom is 0.0788 e. The van der Waals surface area contributed by atoms with Gasteiger partial charge in [0.05, 0.1) is 16.7 Å². The van der Waals surface area contributed by atoms with Gasteiger partial charge in [-0.1, -0.05) is 19.1 Å². The minimum Gasteiger partial charge on any atom is -0.393 e. The lowest BCUT2D eigenvalue weighted by Gasteiger charge is -2.39. The van der Waals surface area contributed by atoms with E-state index in [0.717, 1.165) is 32.5 Å². The van der Waals surface area contributed by atoms with Crippen LogP contribution in [0, 0.1) is 5.41 Å². The number of nitrogens with zero attached hydrogens (tertiary/aromatic N) is 1. The van der Waals surface area contributed by atoms with Gasteiger partial charge in [-0.3, -0.25) is 0 Å². The molecule has 0 aliphatic carbocycles. The van der Waals surface area contributed by atoms with Gasteiger partial charge in [-0.05, 0) is 52.6 Å². The van der Waals surface area contributed by atoms with Gasteiger partial charge in [-0.2, -0.15) is 0 Å². The molecule has 2 saturated heterocycles. The van der Waals surface area contributed by atoms with Gasteiger partial charge < -0.3 is 15.4 Å². The van der Waals surface area contributed by atoms with E-state index in [1.54, 1.807) is 0 Å². The van der Waals surface area contributed by atoms with Crippen molar-refractivity contribution in [3.63, 3.8) is 0 Å². The summed E-state index contributed by atoms with van der Waals surface area (Å²) in [5, 5.41) is 0. The van der Waals surface area contributed by atoms with Crippen molar-refractivity contribution < 1.29 is 4.74 Å². The summed E-state index contributed by atoms with van der Waals surface area (Å²) in [5.74, 6) is 0. The largest absolute Gasteiger partial charge is 0.393 e. The Hall–Kier alpha value is -0.190. The van der Waals surface area contributed by atoms with E-state index < -0.39 is 0 Å². The zero-order valence-electron chi connectivity index (χ0n) is 11.9. The fourth-order valence-corrected chi connectivity index (χ4v) is 3.17. The molecule has 0 aromatic heterocycles. The lowest BCUT2D eigenvalue weighted by molar-refractivity contribution is -0.0328. The summed E-state index contributed by atoms with van der Waals surface area (Å²) in [4.78, 5) is 3.19. The molecule has 2 aliphatic heterocycles. The zero-order valence-corrected chi connectivity index (χ0v) is 12.7. The van der Waals surface area contributed by atoms with Crippen molar-refractivity contribution in [2.45, 2.75) is 58.2 Å². The highest BCUT2D eigenvalue weighted by molar-refractivity contribution is 7.80. The molecule has 0 radical (unpaired) electrons. The molecule has 104 valence electrons. The molecule has 2 rings (SSSR count). The molecule has 0 aromatic carbocycles. The van der Waals surface area contributed by atoms with Crippen molar-refractivity contribution in [1.82, 2.24) is 4.90 Å². The van der Waals surface area contributed by atoms with Crippen molar-refractivity contribution >= 4 is 17.2 Å². The van der Waals surface area contributed by atoms with Crippen molar-refractivity contribution in [1.29, 1.82) is 0 Å². The van der Waals surface area contributed by atoms with Crippen LogP contribution in [0.25, 0.3) is 0 Å². The Morgan fingerprint density at radius 1 is 1.28 bits per heavy atom. The topological polar surface area (TPSA) is 38.5 Å². The van der Waals surface area contributed by atoms with Gasteiger partial charge >= 0.3 is 0 Å². The Morgan fingerprint density at radius 3 is 2.33 bits per heavy atom. The molecule has 3 nitrogen and oxygen atoms in total. The third-order valence-corrected chi connectivity index (χ3v) is 5.06. The van der Waals surface area contributed by atoms with Gasteiger partial charge in [0.15, 0.2) is 0 Å². The average molecular weight is 270 g/mol. The second kappa shape index (κ2) is 5.06. The smallest absolute Gasteiger partial charge is 0.0788 e. The molecule has 0 bridgehead atoms. The molecule has 18 heavy (non-hydrogen) atoms. The Morgan fingerprint density at radius 2 is 1.89 bits per heavy atom. The number of nitrogens with two attached hydrogens (primary N) is 1. The summed E-state index contributed by atoms with van der Waals surface area (Å²) in [6, 6.07) is 0. The molecule has 1 unspecified atom stereocenters. The molecule has 0 amide bonds. The van der Waals surface area contributed by atoms with E-state index in [4.69, 9.17) is 22.7 Å².